The van der Waals surface area contributed by atoms with Crippen molar-refractivity contribution in [3.05, 3.63) is 315 Å². The minimum Gasteiger partial charge on any atom is -0.456 e. The second kappa shape index (κ2) is 20.8. The van der Waals surface area contributed by atoms with Crippen molar-refractivity contribution >= 4 is 120 Å². The van der Waals surface area contributed by atoms with Crippen LogP contribution in [0.25, 0.3) is 130 Å². The van der Waals surface area contributed by atoms with Gasteiger partial charge in [-0.3, -0.25) is 0 Å². The van der Waals surface area contributed by atoms with E-state index in [1.54, 1.807) is 0 Å². The number of para-hydroxylation sites is 2. The maximum Gasteiger partial charge on any atom is 0.136 e. The number of furan rings is 2. The number of hydrogen-bond donors (Lipinski definition) is 0. The van der Waals surface area contributed by atoms with Crippen molar-refractivity contribution in [1.82, 2.24) is 0 Å². The average Bonchev–Trinajstić information content (AvgIpc) is 3.73. The highest BCUT2D eigenvalue weighted by Crippen LogP contribution is 2.46. The molecule has 0 aliphatic carbocycles. The molecule has 0 bridgehead atoms. The fraction of sp³-hybridized carbons (Fsp3) is 0. The molecule has 14 aromatic carbocycles. The van der Waals surface area contributed by atoms with Crippen molar-refractivity contribution in [2.45, 2.75) is 0 Å². The van der Waals surface area contributed by atoms with Crippen molar-refractivity contribution in [3.63, 3.8) is 0 Å². The van der Waals surface area contributed by atoms with Crippen molar-refractivity contribution in [1.29, 1.82) is 0 Å². The van der Waals surface area contributed by atoms with Crippen LogP contribution in [0.5, 0.6) is 0 Å². The maximum absolute atomic E-state index is 6.77. The SMILES string of the molecule is c1ccc(N(c2cccc(-c3ccc4c(c3)oc3ccccc34)c2)c2ccc3oc4cc(-c5ccccc5-c5ccccc5-c5ccc(N(c6ccc(-c7ccc8sc9ccccc9c8c7)cc6)c6ccc7ccccc7c6)cc5)ccc4c3c2)cc1. The molecule has 0 N–H and O–H groups in total. The summed E-state index contributed by atoms with van der Waals surface area (Å²) in [7, 11) is 0. The van der Waals surface area contributed by atoms with E-state index in [1.807, 2.05) is 23.5 Å². The van der Waals surface area contributed by atoms with Crippen LogP contribution in [0.1, 0.15) is 0 Å². The Morgan fingerprint density at radius 1 is 0.207 bits per heavy atom. The number of benzene rings is 14. The first-order chi connectivity index (χ1) is 43.1. The standard InChI is InChI=1S/C82H52N2O2S/c1-2-18-61(19-3-1)84(64-20-14-17-57(48-64)59-34-43-72-71-25-10-12-27-77(71)85-79(72)50-59)66-42-45-78-75(52-66)73-44-35-60(51-80(73)86-78)68-22-7-9-24-70(68)69-23-8-6-21-67(69)55-32-39-63(40-33-55)83(65-41-31-53-15-4-5-16-56(53)47-65)62-37-29-54(30-38-62)58-36-46-82-76(49-58)74-26-11-13-28-81(74)87-82/h1-52H. The smallest absolute Gasteiger partial charge is 0.136 e. The number of fused-ring (bicyclic) bond motifs is 10. The molecule has 408 valence electrons. The molecule has 0 spiro atoms. The highest BCUT2D eigenvalue weighted by Gasteiger charge is 2.21. The van der Waals surface area contributed by atoms with Gasteiger partial charge in [-0.25, -0.2) is 0 Å². The molecule has 17 rings (SSSR count). The van der Waals surface area contributed by atoms with Gasteiger partial charge in [0, 0.05) is 75.8 Å². The number of hydrogen-bond acceptors (Lipinski definition) is 5. The van der Waals surface area contributed by atoms with Gasteiger partial charge in [0.05, 0.1) is 0 Å². The Hall–Kier alpha value is -11.2. The predicted octanol–water partition coefficient (Wildman–Crippen LogP) is 24.3. The highest BCUT2D eigenvalue weighted by molar-refractivity contribution is 7.25. The second-order valence-electron chi connectivity index (χ2n) is 22.4. The molecule has 5 heteroatoms. The summed E-state index contributed by atoms with van der Waals surface area (Å²) in [5, 5.41) is 9.40. The summed E-state index contributed by atoms with van der Waals surface area (Å²) in [6.07, 6.45) is 0. The molecule has 0 fully saturated rings. The zero-order valence-corrected chi connectivity index (χ0v) is 48.0. The summed E-state index contributed by atoms with van der Waals surface area (Å²) in [6.45, 7) is 0. The van der Waals surface area contributed by atoms with Gasteiger partial charge in [0.1, 0.15) is 22.3 Å². The normalized spacial score (nSPS) is 11.7. The third-order valence-electron chi connectivity index (χ3n) is 17.3. The fourth-order valence-electron chi connectivity index (χ4n) is 13.0. The quantitative estimate of drug-likeness (QED) is 0.129. The van der Waals surface area contributed by atoms with Crippen molar-refractivity contribution in [2.24, 2.45) is 0 Å². The van der Waals surface area contributed by atoms with Crippen LogP contribution in [0.15, 0.2) is 324 Å². The Morgan fingerprint density at radius 3 is 1.46 bits per heavy atom. The van der Waals surface area contributed by atoms with Gasteiger partial charge in [-0.1, -0.05) is 188 Å². The molecule has 3 aromatic heterocycles. The molecule has 0 aliphatic rings. The Balaban J connectivity index is 0.693. The van der Waals surface area contributed by atoms with E-state index < -0.39 is 0 Å². The van der Waals surface area contributed by atoms with Gasteiger partial charge in [0.25, 0.3) is 0 Å². The lowest BCUT2D eigenvalue weighted by atomic mass is 9.89. The van der Waals surface area contributed by atoms with E-state index in [0.29, 0.717) is 0 Å². The van der Waals surface area contributed by atoms with Gasteiger partial charge in [0.15, 0.2) is 0 Å². The highest BCUT2D eigenvalue weighted by atomic mass is 32.1. The average molecular weight is 1130 g/mol. The van der Waals surface area contributed by atoms with E-state index in [9.17, 15) is 0 Å². The molecule has 4 nitrogen and oxygen atoms in total. The lowest BCUT2D eigenvalue weighted by molar-refractivity contribution is 0.668. The third kappa shape index (κ3) is 8.91. The van der Waals surface area contributed by atoms with Gasteiger partial charge in [-0.2, -0.15) is 0 Å². The first kappa shape index (κ1) is 50.3. The first-order valence-corrected chi connectivity index (χ1v) is 30.3. The van der Waals surface area contributed by atoms with Gasteiger partial charge in [0.2, 0.25) is 0 Å². The fourth-order valence-corrected chi connectivity index (χ4v) is 14.1. The summed E-state index contributed by atoms with van der Waals surface area (Å²) in [4.78, 5) is 4.70. The van der Waals surface area contributed by atoms with Crippen LogP contribution in [0.3, 0.4) is 0 Å². The Morgan fingerprint density at radius 2 is 0.678 bits per heavy atom. The van der Waals surface area contributed by atoms with Gasteiger partial charge < -0.3 is 18.6 Å². The van der Waals surface area contributed by atoms with Crippen molar-refractivity contribution < 1.29 is 8.83 Å². The number of anilines is 6. The van der Waals surface area contributed by atoms with Crippen molar-refractivity contribution in [2.75, 3.05) is 9.80 Å². The van der Waals surface area contributed by atoms with Crippen LogP contribution in [0.2, 0.25) is 0 Å². The number of nitrogens with zero attached hydrogens (tertiary/aromatic N) is 2. The Kier molecular flexibility index (Phi) is 12.0. The summed E-state index contributed by atoms with van der Waals surface area (Å²) >= 11 is 1.85. The van der Waals surface area contributed by atoms with E-state index in [4.69, 9.17) is 8.83 Å². The molecule has 0 unspecified atom stereocenters. The molecule has 0 saturated heterocycles. The molecular formula is C82H52N2O2S. The summed E-state index contributed by atoms with van der Waals surface area (Å²) in [5.74, 6) is 0. The molecule has 0 radical (unpaired) electrons. The van der Waals surface area contributed by atoms with Crippen LogP contribution in [-0.4, -0.2) is 0 Å². The molecule has 0 saturated carbocycles. The zero-order valence-electron chi connectivity index (χ0n) is 47.1. The summed E-state index contributed by atoms with van der Waals surface area (Å²) < 4.78 is 15.7. The maximum atomic E-state index is 6.77. The van der Waals surface area contributed by atoms with E-state index in [-0.39, 0.29) is 0 Å². The third-order valence-corrected chi connectivity index (χ3v) is 18.4. The minimum atomic E-state index is 0.839. The zero-order chi connectivity index (χ0) is 57.4. The molecule has 87 heavy (non-hydrogen) atoms. The van der Waals surface area contributed by atoms with E-state index in [1.165, 1.54) is 42.1 Å². The lowest BCUT2D eigenvalue weighted by Gasteiger charge is -2.26. The van der Waals surface area contributed by atoms with Crippen molar-refractivity contribution in [3.8, 4) is 55.6 Å². The number of thiophene rings is 1. The van der Waals surface area contributed by atoms with E-state index in [0.717, 1.165) is 123 Å². The molecule has 0 aliphatic heterocycles. The molecule has 0 atom stereocenters. The lowest BCUT2D eigenvalue weighted by Crippen LogP contribution is -2.09. The van der Waals surface area contributed by atoms with Crippen LogP contribution in [0, 0.1) is 0 Å². The molecule has 17 aromatic rings. The van der Waals surface area contributed by atoms with Gasteiger partial charge >= 0.3 is 0 Å². The van der Waals surface area contributed by atoms with Crippen LogP contribution in [-0.2, 0) is 0 Å². The largest absolute Gasteiger partial charge is 0.456 e. The minimum absolute atomic E-state index is 0.839. The van der Waals surface area contributed by atoms with Crippen LogP contribution in [0.4, 0.5) is 34.1 Å². The monoisotopic (exact) mass is 1130 g/mol. The summed E-state index contributed by atoms with van der Waals surface area (Å²) in [5.41, 5.74) is 21.3. The number of rotatable bonds is 11. The predicted molar refractivity (Wildman–Crippen MR) is 368 cm³/mol. The molecule has 0 amide bonds. The van der Waals surface area contributed by atoms with E-state index >= 15 is 0 Å². The molecule has 3 heterocycles. The molecular weight excluding hydrogens is 1080 g/mol. The van der Waals surface area contributed by atoms with E-state index in [2.05, 4.69) is 313 Å². The van der Waals surface area contributed by atoms with Gasteiger partial charge in [-0.05, 0) is 194 Å². The van der Waals surface area contributed by atoms with Crippen LogP contribution >= 0.6 is 11.3 Å². The van der Waals surface area contributed by atoms with Gasteiger partial charge in [-0.15, -0.1) is 11.3 Å². The Labute approximate surface area is 506 Å². The first-order valence-electron chi connectivity index (χ1n) is 29.5. The topological polar surface area (TPSA) is 32.8 Å². The Bertz CT molecular complexity index is 5480. The van der Waals surface area contributed by atoms with Crippen LogP contribution < -0.4 is 9.80 Å². The second-order valence-corrected chi connectivity index (χ2v) is 23.5. The summed E-state index contributed by atoms with van der Waals surface area (Å²) in [6, 6.07) is 114.